The lowest BCUT2D eigenvalue weighted by Crippen LogP contribution is -2.42. The summed E-state index contributed by atoms with van der Waals surface area (Å²) in [5.41, 5.74) is 6.55. The number of nitrogens with zero attached hydrogens (tertiary/aromatic N) is 4. The van der Waals surface area contributed by atoms with E-state index < -0.39 is 49.5 Å². The quantitative estimate of drug-likeness (QED) is 0.367. The lowest BCUT2D eigenvalue weighted by atomic mass is 9.90. The largest absolute Gasteiger partial charge is 0.387 e. The van der Waals surface area contributed by atoms with Crippen molar-refractivity contribution in [3.8, 4) is 0 Å². The van der Waals surface area contributed by atoms with E-state index in [1.165, 1.54) is 10.9 Å². The first-order valence-electron chi connectivity index (χ1n) is 10.3. The Kier molecular flexibility index (Phi) is 5.62. The van der Waals surface area contributed by atoms with Gasteiger partial charge >= 0.3 is 7.60 Å². The van der Waals surface area contributed by atoms with Crippen LogP contribution in [0.5, 0.6) is 0 Å². The standard InChI is InChI=1S/C18H28N5O7P/c1-4-8(30-31(27,28)18(26,5-2)6-3)9-13-11(24)12(25)17(29-13)23-15(9)22-10-14(19)20-7-21-16(10)23/h7-9,11-13,17,24-26H,4-6H2,1-3H3,(H,27,28)(H2,19,20,21)/t8?,9?,11-,12+,13+,17+/m0/s1. The highest BCUT2D eigenvalue weighted by molar-refractivity contribution is 7.54. The van der Waals surface area contributed by atoms with Crippen molar-refractivity contribution < 1.29 is 34.0 Å². The molecule has 7 atom stereocenters. The summed E-state index contributed by atoms with van der Waals surface area (Å²) in [7, 11) is -4.50. The Morgan fingerprint density at radius 2 is 1.97 bits per heavy atom. The number of imidazole rings is 1. The van der Waals surface area contributed by atoms with Crippen LogP contribution in [0.15, 0.2) is 6.33 Å². The van der Waals surface area contributed by atoms with Crippen LogP contribution in [0.2, 0.25) is 0 Å². The first-order chi connectivity index (χ1) is 14.6. The van der Waals surface area contributed by atoms with Crippen LogP contribution in [-0.4, -0.2) is 69.5 Å². The Hall–Kier alpha value is -1.66. The van der Waals surface area contributed by atoms with Gasteiger partial charge in [-0.15, -0.1) is 0 Å². The smallest absolute Gasteiger partial charge is 0.359 e. The van der Waals surface area contributed by atoms with Crippen molar-refractivity contribution in [3.05, 3.63) is 12.2 Å². The maximum Gasteiger partial charge on any atom is 0.359 e. The zero-order valence-corrected chi connectivity index (χ0v) is 18.4. The molecule has 4 rings (SSSR count). The van der Waals surface area contributed by atoms with Gasteiger partial charge in [-0.3, -0.25) is 9.13 Å². The molecular weight excluding hydrogens is 429 g/mol. The zero-order valence-electron chi connectivity index (χ0n) is 17.5. The minimum Gasteiger partial charge on any atom is -0.387 e. The molecule has 12 nitrogen and oxygen atoms in total. The van der Waals surface area contributed by atoms with Crippen LogP contribution in [0, 0.1) is 0 Å². The van der Waals surface area contributed by atoms with Crippen LogP contribution in [0.4, 0.5) is 5.82 Å². The minimum absolute atomic E-state index is 0.0202. The average Bonchev–Trinajstić information content (AvgIpc) is 3.25. The lowest BCUT2D eigenvalue weighted by molar-refractivity contribution is -0.0860. The van der Waals surface area contributed by atoms with Crippen molar-refractivity contribution in [2.24, 2.45) is 0 Å². The summed E-state index contributed by atoms with van der Waals surface area (Å²) in [5.74, 6) is -0.354. The van der Waals surface area contributed by atoms with E-state index in [2.05, 4.69) is 15.0 Å². The van der Waals surface area contributed by atoms with Gasteiger partial charge in [-0.25, -0.2) is 15.0 Å². The molecule has 31 heavy (non-hydrogen) atoms. The molecule has 3 unspecified atom stereocenters. The van der Waals surface area contributed by atoms with Gasteiger partial charge in [0.15, 0.2) is 28.6 Å². The van der Waals surface area contributed by atoms with E-state index in [4.69, 9.17) is 15.0 Å². The molecule has 6 N–H and O–H groups in total. The molecule has 2 aliphatic heterocycles. The fourth-order valence-corrected chi connectivity index (χ4v) is 6.12. The van der Waals surface area contributed by atoms with Crippen molar-refractivity contribution in [1.82, 2.24) is 19.5 Å². The highest BCUT2D eigenvalue weighted by Gasteiger charge is 2.57. The third-order valence-electron chi connectivity index (χ3n) is 6.45. The SMILES string of the molecule is CCC(OP(=O)(O)C(O)(CC)CC)C1c2nc3c(N)ncnc3n2[C@@H]2O[C@H]1[C@@H](O)[C@H]2O. The Morgan fingerprint density at radius 3 is 2.58 bits per heavy atom. The molecular formula is C18H28N5O7P. The number of hydrogen-bond acceptors (Lipinski definition) is 10. The minimum atomic E-state index is -4.50. The van der Waals surface area contributed by atoms with Gasteiger partial charge in [-0.2, -0.15) is 0 Å². The average molecular weight is 457 g/mol. The molecule has 1 fully saturated rings. The van der Waals surface area contributed by atoms with Crippen LogP contribution < -0.4 is 5.73 Å². The molecule has 2 bridgehead atoms. The number of aromatic nitrogens is 4. The third-order valence-corrected chi connectivity index (χ3v) is 8.70. The summed E-state index contributed by atoms with van der Waals surface area (Å²) in [6, 6.07) is 0. The number of aliphatic hydroxyl groups is 3. The fourth-order valence-electron chi connectivity index (χ4n) is 4.47. The summed E-state index contributed by atoms with van der Waals surface area (Å²) in [6.45, 7) is 4.94. The van der Waals surface area contributed by atoms with Gasteiger partial charge in [0.1, 0.15) is 30.5 Å². The van der Waals surface area contributed by atoms with E-state index in [0.29, 0.717) is 17.0 Å². The van der Waals surface area contributed by atoms with Crippen molar-refractivity contribution in [2.75, 3.05) is 5.73 Å². The second kappa shape index (κ2) is 7.73. The first kappa shape index (κ1) is 22.5. The monoisotopic (exact) mass is 457 g/mol. The highest BCUT2D eigenvalue weighted by atomic mass is 31.2. The number of nitrogens with two attached hydrogens (primary N) is 1. The third kappa shape index (κ3) is 3.20. The van der Waals surface area contributed by atoms with E-state index in [1.807, 2.05) is 0 Å². The molecule has 2 aromatic heterocycles. The van der Waals surface area contributed by atoms with E-state index in [1.54, 1.807) is 20.8 Å². The summed E-state index contributed by atoms with van der Waals surface area (Å²) in [5, 5.41) is 30.0. The number of anilines is 1. The van der Waals surface area contributed by atoms with Crippen molar-refractivity contribution in [2.45, 2.75) is 81.9 Å². The van der Waals surface area contributed by atoms with E-state index >= 15 is 0 Å². The zero-order chi connectivity index (χ0) is 22.7. The Labute approximate surface area is 178 Å². The Balaban J connectivity index is 1.83. The normalized spacial score (nSPS) is 30.9. The van der Waals surface area contributed by atoms with Gasteiger partial charge in [0.2, 0.25) is 0 Å². The van der Waals surface area contributed by atoms with E-state index in [0.717, 1.165) is 0 Å². The van der Waals surface area contributed by atoms with Gasteiger partial charge in [0.25, 0.3) is 0 Å². The van der Waals surface area contributed by atoms with Crippen molar-refractivity contribution >= 4 is 24.6 Å². The van der Waals surface area contributed by atoms with Gasteiger partial charge in [-0.1, -0.05) is 20.8 Å². The van der Waals surface area contributed by atoms with Crippen LogP contribution in [0.25, 0.3) is 11.2 Å². The maximum absolute atomic E-state index is 13.1. The van der Waals surface area contributed by atoms with Crippen LogP contribution >= 0.6 is 7.60 Å². The lowest BCUT2D eigenvalue weighted by Gasteiger charge is -2.38. The molecule has 0 aliphatic carbocycles. The second-order valence-corrected chi connectivity index (χ2v) is 10.1. The fraction of sp³-hybridized carbons (Fsp3) is 0.722. The maximum atomic E-state index is 13.1. The molecule has 0 spiro atoms. The van der Waals surface area contributed by atoms with Gasteiger partial charge < -0.3 is 35.2 Å². The van der Waals surface area contributed by atoms with Crippen LogP contribution in [0.3, 0.4) is 0 Å². The van der Waals surface area contributed by atoms with Crippen LogP contribution in [0.1, 0.15) is 58.0 Å². The number of fused-ring (bicyclic) bond motifs is 6. The number of rotatable bonds is 7. The predicted octanol–water partition coefficient (Wildman–Crippen LogP) is 0.614. The van der Waals surface area contributed by atoms with Crippen LogP contribution in [-0.2, 0) is 13.8 Å². The predicted molar refractivity (Wildman–Crippen MR) is 109 cm³/mol. The van der Waals surface area contributed by atoms with Gasteiger partial charge in [0.05, 0.1) is 12.0 Å². The summed E-state index contributed by atoms with van der Waals surface area (Å²) in [6.07, 6.45) is -3.87. The second-order valence-electron chi connectivity index (χ2n) is 8.03. The summed E-state index contributed by atoms with van der Waals surface area (Å²) in [4.78, 5) is 23.3. The van der Waals surface area contributed by atoms with Gasteiger partial charge in [-0.05, 0) is 19.3 Å². The number of hydrogen-bond donors (Lipinski definition) is 5. The van der Waals surface area contributed by atoms with Crippen molar-refractivity contribution in [3.63, 3.8) is 0 Å². The number of aliphatic hydroxyl groups excluding tert-OH is 2. The molecule has 2 aromatic rings. The molecule has 1 saturated heterocycles. The van der Waals surface area contributed by atoms with Gasteiger partial charge in [0, 0.05) is 0 Å². The summed E-state index contributed by atoms with van der Waals surface area (Å²) < 4.78 is 26.2. The molecule has 0 radical (unpaired) electrons. The topological polar surface area (TPSA) is 186 Å². The van der Waals surface area contributed by atoms with Crippen molar-refractivity contribution in [1.29, 1.82) is 0 Å². The summed E-state index contributed by atoms with van der Waals surface area (Å²) >= 11 is 0. The highest BCUT2D eigenvalue weighted by Crippen LogP contribution is 2.60. The molecule has 4 heterocycles. The molecule has 0 saturated carbocycles. The molecule has 0 aromatic carbocycles. The first-order valence-corrected chi connectivity index (χ1v) is 11.9. The Bertz CT molecular complexity index is 1030. The molecule has 2 aliphatic rings. The molecule has 0 amide bonds. The molecule has 13 heteroatoms. The Morgan fingerprint density at radius 1 is 1.29 bits per heavy atom. The van der Waals surface area contributed by atoms with E-state index in [9.17, 15) is 24.8 Å². The molecule has 172 valence electrons. The number of nitrogen functional groups attached to an aromatic ring is 1. The van der Waals surface area contributed by atoms with E-state index in [-0.39, 0.29) is 25.1 Å². The number of ether oxygens (including phenoxy) is 1.